The zero-order chi connectivity index (χ0) is 13.8. The van der Waals surface area contributed by atoms with Crippen molar-refractivity contribution in [3.63, 3.8) is 0 Å². The maximum Gasteiger partial charge on any atom is 0.223 e. The van der Waals surface area contributed by atoms with Crippen LogP contribution in [-0.4, -0.2) is 48.7 Å². The molecule has 0 radical (unpaired) electrons. The second-order valence-electron chi connectivity index (χ2n) is 6.29. The van der Waals surface area contributed by atoms with Gasteiger partial charge in [-0.05, 0) is 33.6 Å². The monoisotopic (exact) mass is 268 g/mol. The fraction of sp³-hybridized carbons (Fsp3) is 0.933. The summed E-state index contributed by atoms with van der Waals surface area (Å²) in [5, 5.41) is 3.13. The molecule has 2 aliphatic rings. The van der Waals surface area contributed by atoms with E-state index in [2.05, 4.69) is 31.0 Å². The van der Waals surface area contributed by atoms with E-state index >= 15 is 0 Å². The highest BCUT2D eigenvalue weighted by Gasteiger charge is 2.27. The summed E-state index contributed by atoms with van der Waals surface area (Å²) in [5.74, 6) is 0.536. The first-order valence-corrected chi connectivity index (χ1v) is 7.73. The number of nitrogens with one attached hydrogen (secondary N) is 1. The van der Waals surface area contributed by atoms with Crippen LogP contribution in [0, 0.1) is 5.92 Å². The van der Waals surface area contributed by atoms with Gasteiger partial charge in [-0.2, -0.15) is 0 Å². The van der Waals surface area contributed by atoms with Gasteiger partial charge in [-0.25, -0.2) is 0 Å². The summed E-state index contributed by atoms with van der Waals surface area (Å²) in [6.45, 7) is 9.11. The third-order valence-electron chi connectivity index (χ3n) is 4.37. The highest BCUT2D eigenvalue weighted by Crippen LogP contribution is 2.24. The lowest BCUT2D eigenvalue weighted by Crippen LogP contribution is -2.52. The van der Waals surface area contributed by atoms with Crippen molar-refractivity contribution in [1.29, 1.82) is 0 Å². The number of morpholine rings is 1. The molecule has 0 spiro atoms. The van der Waals surface area contributed by atoms with E-state index in [1.807, 2.05) is 0 Å². The number of hydrogen-bond acceptors (Lipinski definition) is 3. The molecule has 3 atom stereocenters. The van der Waals surface area contributed by atoms with E-state index in [9.17, 15) is 4.79 Å². The zero-order valence-corrected chi connectivity index (χ0v) is 12.5. The molecule has 4 heteroatoms. The number of nitrogens with zero attached hydrogens (tertiary/aromatic N) is 1. The molecule has 19 heavy (non-hydrogen) atoms. The molecule has 110 valence electrons. The van der Waals surface area contributed by atoms with Crippen molar-refractivity contribution in [2.75, 3.05) is 19.6 Å². The Morgan fingerprint density at radius 3 is 2.42 bits per heavy atom. The fourth-order valence-corrected chi connectivity index (χ4v) is 3.29. The fourth-order valence-electron chi connectivity index (χ4n) is 3.29. The minimum absolute atomic E-state index is 0.263. The summed E-state index contributed by atoms with van der Waals surface area (Å²) < 4.78 is 5.74. The number of hydrogen-bond donors (Lipinski definition) is 1. The van der Waals surface area contributed by atoms with Crippen LogP contribution in [-0.2, 0) is 9.53 Å². The molecule has 1 aliphatic heterocycles. The Morgan fingerprint density at radius 2 is 1.84 bits per heavy atom. The summed E-state index contributed by atoms with van der Waals surface area (Å²) in [6.07, 6.45) is 5.16. The van der Waals surface area contributed by atoms with Crippen LogP contribution in [0.25, 0.3) is 0 Å². The lowest BCUT2D eigenvalue weighted by molar-refractivity contribution is -0.125. The third-order valence-corrected chi connectivity index (χ3v) is 4.37. The van der Waals surface area contributed by atoms with Gasteiger partial charge in [-0.1, -0.05) is 12.8 Å². The van der Waals surface area contributed by atoms with Crippen molar-refractivity contribution >= 4 is 5.91 Å². The van der Waals surface area contributed by atoms with Crippen molar-refractivity contribution in [2.24, 2.45) is 5.92 Å². The molecule has 2 rings (SSSR count). The summed E-state index contributed by atoms with van der Waals surface area (Å²) in [5.41, 5.74) is 0. The van der Waals surface area contributed by atoms with Crippen molar-refractivity contribution in [1.82, 2.24) is 10.2 Å². The maximum atomic E-state index is 12.0. The van der Waals surface area contributed by atoms with Gasteiger partial charge in [0.2, 0.25) is 5.91 Å². The Hall–Kier alpha value is -0.610. The lowest BCUT2D eigenvalue weighted by Gasteiger charge is -2.39. The SMILES string of the molecule is C[C@@H]1CN([C@H](C)CNC(=O)C2CCCC2)C[C@@H](C)O1. The molecule has 1 heterocycles. The summed E-state index contributed by atoms with van der Waals surface area (Å²) >= 11 is 0. The highest BCUT2D eigenvalue weighted by atomic mass is 16.5. The van der Waals surface area contributed by atoms with Gasteiger partial charge < -0.3 is 10.1 Å². The van der Waals surface area contributed by atoms with Gasteiger partial charge in [0.15, 0.2) is 0 Å². The number of rotatable bonds is 4. The van der Waals surface area contributed by atoms with E-state index in [4.69, 9.17) is 4.74 Å². The van der Waals surface area contributed by atoms with Gasteiger partial charge in [0.1, 0.15) is 0 Å². The van der Waals surface area contributed by atoms with E-state index < -0.39 is 0 Å². The Morgan fingerprint density at radius 1 is 1.26 bits per heavy atom. The summed E-state index contributed by atoms with van der Waals surface area (Å²) in [4.78, 5) is 14.4. The van der Waals surface area contributed by atoms with Gasteiger partial charge in [0, 0.05) is 31.6 Å². The smallest absolute Gasteiger partial charge is 0.223 e. The zero-order valence-electron chi connectivity index (χ0n) is 12.5. The van der Waals surface area contributed by atoms with E-state index in [1.165, 1.54) is 12.8 Å². The maximum absolute atomic E-state index is 12.0. The third kappa shape index (κ3) is 4.18. The van der Waals surface area contributed by atoms with Crippen LogP contribution in [0.5, 0.6) is 0 Å². The predicted octanol–water partition coefficient (Wildman–Crippen LogP) is 1.79. The molecule has 2 fully saturated rings. The van der Waals surface area contributed by atoms with Crippen LogP contribution in [0.4, 0.5) is 0 Å². The Bertz CT molecular complexity index is 293. The van der Waals surface area contributed by atoms with Gasteiger partial charge in [0.05, 0.1) is 12.2 Å². The van der Waals surface area contributed by atoms with E-state index in [0.29, 0.717) is 6.04 Å². The van der Waals surface area contributed by atoms with E-state index in [1.54, 1.807) is 0 Å². The predicted molar refractivity (Wildman–Crippen MR) is 76.0 cm³/mol. The van der Waals surface area contributed by atoms with Gasteiger partial charge in [-0.15, -0.1) is 0 Å². The van der Waals surface area contributed by atoms with E-state index in [0.717, 1.165) is 32.5 Å². The van der Waals surface area contributed by atoms with Crippen LogP contribution < -0.4 is 5.32 Å². The molecule has 4 nitrogen and oxygen atoms in total. The molecule has 1 saturated carbocycles. The normalized spacial score (nSPS) is 31.3. The number of carbonyl (C=O) groups is 1. The molecule has 0 unspecified atom stereocenters. The summed E-state index contributed by atoms with van der Waals surface area (Å²) in [6, 6.07) is 0.388. The standard InChI is InChI=1S/C15H28N2O2/c1-11(17-9-12(2)19-13(3)10-17)8-16-15(18)14-6-4-5-7-14/h11-14H,4-10H2,1-3H3,(H,16,18)/t11-,12-,13-/m1/s1. The van der Waals surface area contributed by atoms with Gasteiger partial charge >= 0.3 is 0 Å². The second-order valence-corrected chi connectivity index (χ2v) is 6.29. The first kappa shape index (κ1) is 14.8. The van der Waals surface area contributed by atoms with Crippen molar-refractivity contribution in [2.45, 2.75) is 64.7 Å². The quantitative estimate of drug-likeness (QED) is 0.845. The molecule has 1 saturated heterocycles. The molecule has 0 bridgehead atoms. The van der Waals surface area contributed by atoms with Gasteiger partial charge in [-0.3, -0.25) is 9.69 Å². The van der Waals surface area contributed by atoms with E-state index in [-0.39, 0.29) is 24.0 Å². The molecule has 1 aliphatic carbocycles. The minimum Gasteiger partial charge on any atom is -0.373 e. The molecule has 0 aromatic carbocycles. The van der Waals surface area contributed by atoms with Crippen LogP contribution >= 0.6 is 0 Å². The number of carbonyl (C=O) groups excluding carboxylic acids is 1. The first-order valence-electron chi connectivity index (χ1n) is 7.73. The molecular formula is C15H28N2O2. The average molecular weight is 268 g/mol. The first-order chi connectivity index (χ1) is 9.06. The Kier molecular flexibility index (Phi) is 5.22. The minimum atomic E-state index is 0.263. The molecule has 0 aromatic rings. The second kappa shape index (κ2) is 6.71. The molecule has 1 N–H and O–H groups in total. The average Bonchev–Trinajstić information content (AvgIpc) is 2.88. The molecule has 0 aromatic heterocycles. The van der Waals surface area contributed by atoms with Crippen LogP contribution in [0.15, 0.2) is 0 Å². The van der Waals surface area contributed by atoms with Crippen LogP contribution in [0.1, 0.15) is 46.5 Å². The number of amides is 1. The molecular weight excluding hydrogens is 240 g/mol. The largest absolute Gasteiger partial charge is 0.373 e. The van der Waals surface area contributed by atoms with Crippen molar-refractivity contribution in [3.05, 3.63) is 0 Å². The Balaban J connectivity index is 1.74. The lowest BCUT2D eigenvalue weighted by atomic mass is 10.1. The highest BCUT2D eigenvalue weighted by molar-refractivity contribution is 5.78. The van der Waals surface area contributed by atoms with Crippen molar-refractivity contribution < 1.29 is 9.53 Å². The van der Waals surface area contributed by atoms with Gasteiger partial charge in [0.25, 0.3) is 0 Å². The van der Waals surface area contributed by atoms with Crippen molar-refractivity contribution in [3.8, 4) is 0 Å². The van der Waals surface area contributed by atoms with Crippen LogP contribution in [0.2, 0.25) is 0 Å². The number of ether oxygens (including phenoxy) is 1. The topological polar surface area (TPSA) is 41.6 Å². The van der Waals surface area contributed by atoms with Crippen LogP contribution in [0.3, 0.4) is 0 Å². The molecule has 1 amide bonds. The Labute approximate surface area is 116 Å². The summed E-state index contributed by atoms with van der Waals surface area (Å²) in [7, 11) is 0.